The highest BCUT2D eigenvalue weighted by Gasteiger charge is 2.62. The molecule has 3 aliphatic heterocycles. The molecule has 0 bridgehead atoms. The van der Waals surface area contributed by atoms with Crippen LogP contribution in [0, 0.1) is 17.8 Å². The first-order chi connectivity index (χ1) is 24.3. The number of ether oxygens (including phenoxy) is 2. The van der Waals surface area contributed by atoms with Crippen molar-refractivity contribution in [1.29, 1.82) is 0 Å². The molecule has 12 nitrogen and oxygen atoms in total. The Morgan fingerprint density at radius 1 is 0.980 bits per heavy atom. The lowest BCUT2D eigenvalue weighted by Crippen LogP contribution is -2.58. The maximum absolute atomic E-state index is 14.4. The minimum absolute atomic E-state index is 0.186. The first-order valence-electron chi connectivity index (χ1n) is 17.9. The number of carbonyl (C=O) groups excluding carboxylic acids is 4. The van der Waals surface area contributed by atoms with Gasteiger partial charge in [-0.25, -0.2) is 9.59 Å². The van der Waals surface area contributed by atoms with Crippen molar-refractivity contribution in [2.24, 2.45) is 17.8 Å². The monoisotopic (exact) mass is 700 g/mol. The average molecular weight is 701 g/mol. The van der Waals surface area contributed by atoms with E-state index in [4.69, 9.17) is 9.47 Å². The number of rotatable bonds is 5. The van der Waals surface area contributed by atoms with E-state index < -0.39 is 53.0 Å². The van der Waals surface area contributed by atoms with Gasteiger partial charge in [0.15, 0.2) is 0 Å². The molecule has 3 fully saturated rings. The topological polar surface area (TPSA) is 155 Å². The third-order valence-corrected chi connectivity index (χ3v) is 10.5. The molecule has 6 rings (SSSR count). The van der Waals surface area contributed by atoms with E-state index in [1.54, 1.807) is 38.8 Å². The molecule has 4 amide bonds. The van der Waals surface area contributed by atoms with Crippen LogP contribution in [0.15, 0.2) is 60.7 Å². The van der Waals surface area contributed by atoms with Crippen molar-refractivity contribution in [3.63, 3.8) is 0 Å². The van der Waals surface area contributed by atoms with E-state index in [9.17, 15) is 29.1 Å². The van der Waals surface area contributed by atoms with Gasteiger partial charge in [0.1, 0.15) is 29.0 Å². The van der Waals surface area contributed by atoms with E-state index in [-0.39, 0.29) is 37.3 Å². The van der Waals surface area contributed by atoms with E-state index in [1.165, 1.54) is 4.90 Å². The molecular formula is C39H48N4O8. The minimum Gasteiger partial charge on any atom is -0.497 e. The predicted molar refractivity (Wildman–Crippen MR) is 189 cm³/mol. The molecule has 2 saturated heterocycles. The fourth-order valence-corrected chi connectivity index (χ4v) is 7.78. The Morgan fingerprint density at radius 2 is 1.75 bits per heavy atom. The van der Waals surface area contributed by atoms with Gasteiger partial charge in [0.2, 0.25) is 11.8 Å². The fraction of sp³-hybridized carbons (Fsp3) is 0.513. The Morgan fingerprint density at radius 3 is 2.45 bits per heavy atom. The lowest BCUT2D eigenvalue weighted by atomic mass is 9.93. The number of likely N-dealkylation sites (tertiary alicyclic amines) is 1. The molecule has 2 aromatic rings. The summed E-state index contributed by atoms with van der Waals surface area (Å²) in [4.78, 5) is 71.2. The Kier molecular flexibility index (Phi) is 10.1. The van der Waals surface area contributed by atoms with Gasteiger partial charge in [-0.3, -0.25) is 14.4 Å². The second kappa shape index (κ2) is 14.4. The number of fused-ring (bicyclic) bond motifs is 4. The highest BCUT2D eigenvalue weighted by molar-refractivity contribution is 5.98. The number of hydrogen-bond acceptors (Lipinski definition) is 7. The molecule has 51 heavy (non-hydrogen) atoms. The van der Waals surface area contributed by atoms with Crippen molar-refractivity contribution in [2.75, 3.05) is 26.7 Å². The summed E-state index contributed by atoms with van der Waals surface area (Å²) in [6, 6.07) is 13.0. The Balaban J connectivity index is 1.26. The molecule has 12 heteroatoms. The van der Waals surface area contributed by atoms with Crippen molar-refractivity contribution in [2.45, 2.75) is 82.5 Å². The third kappa shape index (κ3) is 7.74. The number of carboxylic acid groups (broad SMARTS) is 1. The van der Waals surface area contributed by atoms with Crippen LogP contribution < -0.4 is 15.4 Å². The number of aliphatic carboxylic acids is 1. The third-order valence-electron chi connectivity index (χ3n) is 10.5. The molecule has 272 valence electrons. The van der Waals surface area contributed by atoms with E-state index >= 15 is 0 Å². The van der Waals surface area contributed by atoms with Gasteiger partial charge in [-0.1, -0.05) is 49.3 Å². The molecular weight excluding hydrogens is 652 g/mol. The summed E-state index contributed by atoms with van der Waals surface area (Å²) >= 11 is 0. The molecule has 3 heterocycles. The number of carboxylic acids is 1. The van der Waals surface area contributed by atoms with Crippen LogP contribution in [0.5, 0.6) is 5.75 Å². The molecule has 1 aliphatic carbocycles. The normalized spacial score (nSPS) is 28.6. The summed E-state index contributed by atoms with van der Waals surface area (Å²) in [6.45, 7) is 5.95. The van der Waals surface area contributed by atoms with Gasteiger partial charge < -0.3 is 35.0 Å². The summed E-state index contributed by atoms with van der Waals surface area (Å²) in [5.74, 6) is -2.56. The van der Waals surface area contributed by atoms with Crippen LogP contribution in [0.4, 0.5) is 4.79 Å². The summed E-state index contributed by atoms with van der Waals surface area (Å²) in [6.07, 6.45) is 6.79. The number of amides is 4. The van der Waals surface area contributed by atoms with Crippen LogP contribution in [0.2, 0.25) is 0 Å². The number of benzene rings is 2. The SMILES string of the molecule is COc1ccc(-c2cccc(C(=O)N3C[C@H]4CN5C(=O)[C@H](NC(=O)OC(C)(C)C)CCCCC/C=C\[C@@H]6C[C@@]6(C(=O)O)NC(=O)[C@@H]5[C@H]4C3)c2)cc1. The first-order valence-corrected chi connectivity index (χ1v) is 17.9. The smallest absolute Gasteiger partial charge is 0.408 e. The first kappa shape index (κ1) is 35.9. The molecule has 4 aliphatic rings. The zero-order chi connectivity index (χ0) is 36.5. The minimum atomic E-state index is -1.45. The lowest BCUT2D eigenvalue weighted by molar-refractivity contribution is -0.146. The van der Waals surface area contributed by atoms with Crippen LogP contribution in [-0.4, -0.2) is 94.7 Å². The van der Waals surface area contributed by atoms with E-state index in [0.717, 1.165) is 36.1 Å². The number of nitrogens with zero attached hydrogens (tertiary/aromatic N) is 2. The largest absolute Gasteiger partial charge is 0.497 e. The highest BCUT2D eigenvalue weighted by atomic mass is 16.6. The average Bonchev–Trinajstić information content (AvgIpc) is 3.44. The number of carbonyl (C=O) groups is 5. The van der Waals surface area contributed by atoms with Gasteiger partial charge in [-0.15, -0.1) is 0 Å². The molecule has 6 atom stereocenters. The number of hydrogen-bond donors (Lipinski definition) is 3. The fourth-order valence-electron chi connectivity index (χ4n) is 7.78. The van der Waals surface area contributed by atoms with Gasteiger partial charge in [-0.05, 0) is 81.8 Å². The predicted octanol–water partition coefficient (Wildman–Crippen LogP) is 4.63. The van der Waals surface area contributed by atoms with Crippen LogP contribution in [0.3, 0.4) is 0 Å². The number of allylic oxidation sites excluding steroid dienone is 1. The maximum atomic E-state index is 14.4. The van der Waals surface area contributed by atoms with E-state index in [2.05, 4.69) is 10.6 Å². The van der Waals surface area contributed by atoms with Crippen LogP contribution >= 0.6 is 0 Å². The molecule has 1 saturated carbocycles. The highest BCUT2D eigenvalue weighted by Crippen LogP contribution is 2.46. The zero-order valence-electron chi connectivity index (χ0n) is 29.7. The number of nitrogens with one attached hydrogen (secondary N) is 2. The molecule has 3 N–H and O–H groups in total. The Hall–Kier alpha value is -4.87. The lowest BCUT2D eigenvalue weighted by Gasteiger charge is -2.33. The van der Waals surface area contributed by atoms with E-state index in [1.807, 2.05) is 54.6 Å². The number of alkyl carbamates (subject to hydrolysis) is 1. The van der Waals surface area contributed by atoms with Crippen molar-refractivity contribution in [3.05, 3.63) is 66.2 Å². The van der Waals surface area contributed by atoms with Crippen molar-refractivity contribution < 1.29 is 38.6 Å². The van der Waals surface area contributed by atoms with Crippen molar-refractivity contribution >= 4 is 29.8 Å². The van der Waals surface area contributed by atoms with Gasteiger partial charge in [-0.2, -0.15) is 0 Å². The zero-order valence-corrected chi connectivity index (χ0v) is 29.7. The molecule has 0 spiro atoms. The standard InChI is InChI=1S/C39H48N4O8/c1-38(2,3)51-37(49)40-31-14-9-7-5-6-8-13-28-20-39(28,36(47)48)41-33(44)32-30-23-42(21-27(30)22-43(32)35(31)46)34(45)26-12-10-11-25(19-26)24-15-17-29(50-4)18-16-24/h8,10-13,15-19,27-28,30-32H,5-7,9,14,20-23H2,1-4H3,(H,40,49)(H,41,44)(H,47,48)/b13-8-/t27-,28+,30-,31+,32-,39+/m0/s1. The van der Waals surface area contributed by atoms with Gasteiger partial charge in [0, 0.05) is 43.0 Å². The molecule has 0 unspecified atom stereocenters. The summed E-state index contributed by atoms with van der Waals surface area (Å²) in [5, 5.41) is 15.8. The second-order valence-corrected chi connectivity index (χ2v) is 15.2. The van der Waals surface area contributed by atoms with Crippen LogP contribution in [-0.2, 0) is 19.1 Å². The molecule has 0 radical (unpaired) electrons. The Bertz CT molecular complexity index is 1700. The van der Waals surface area contributed by atoms with Crippen LogP contribution in [0.25, 0.3) is 11.1 Å². The Labute approximate surface area is 298 Å². The molecule has 0 aromatic heterocycles. The van der Waals surface area contributed by atoms with Crippen LogP contribution in [0.1, 0.15) is 69.7 Å². The summed E-state index contributed by atoms with van der Waals surface area (Å²) < 4.78 is 10.8. The summed E-state index contributed by atoms with van der Waals surface area (Å²) in [7, 11) is 1.60. The number of methoxy groups -OCH3 is 1. The van der Waals surface area contributed by atoms with Crippen molar-refractivity contribution in [1.82, 2.24) is 20.4 Å². The van der Waals surface area contributed by atoms with Crippen molar-refractivity contribution in [3.8, 4) is 16.9 Å². The van der Waals surface area contributed by atoms with Gasteiger partial charge in [0.05, 0.1) is 7.11 Å². The quantitative estimate of drug-likeness (QED) is 0.382. The van der Waals surface area contributed by atoms with Gasteiger partial charge >= 0.3 is 12.1 Å². The summed E-state index contributed by atoms with van der Waals surface area (Å²) in [5.41, 5.74) is 0.0751. The van der Waals surface area contributed by atoms with Gasteiger partial charge in [0.25, 0.3) is 5.91 Å². The van der Waals surface area contributed by atoms with E-state index in [0.29, 0.717) is 24.9 Å². The second-order valence-electron chi connectivity index (χ2n) is 15.2. The molecule has 2 aromatic carbocycles. The maximum Gasteiger partial charge on any atom is 0.408 e.